The molecule has 0 atom stereocenters. The minimum Gasteiger partial charge on any atom is -0.241 e. The van der Waals surface area contributed by atoms with Gasteiger partial charge in [0, 0.05) is 0 Å². The zero-order valence-corrected chi connectivity index (χ0v) is 6.90. The van der Waals surface area contributed by atoms with Gasteiger partial charge in [-0.3, -0.25) is 0 Å². The fourth-order valence-electron chi connectivity index (χ4n) is 1.03. The number of fused-ring (bicyclic) bond motifs is 1. The molecule has 0 aliphatic heterocycles. The first-order chi connectivity index (χ1) is 5.40. The van der Waals surface area contributed by atoms with Crippen LogP contribution in [-0.2, 0) is 6.42 Å². The third-order valence-electron chi connectivity index (χ3n) is 1.55. The summed E-state index contributed by atoms with van der Waals surface area (Å²) >= 11 is 1.72. The molecule has 11 heavy (non-hydrogen) atoms. The number of hydrogen-bond donors (Lipinski definition) is 0. The second-order valence-electron chi connectivity index (χ2n) is 2.33. The SMILES string of the molecule is [CH2]Cc1nc2ccccc2s1. The van der Waals surface area contributed by atoms with E-state index in [4.69, 9.17) is 0 Å². The number of nitrogens with zero attached hydrogens (tertiary/aromatic N) is 1. The van der Waals surface area contributed by atoms with Gasteiger partial charge in [0.1, 0.15) is 0 Å². The smallest absolute Gasteiger partial charge is 0.0938 e. The fourth-order valence-corrected chi connectivity index (χ4v) is 1.89. The Hall–Kier alpha value is -0.890. The molecule has 1 radical (unpaired) electrons. The van der Waals surface area contributed by atoms with Crippen molar-refractivity contribution < 1.29 is 0 Å². The summed E-state index contributed by atoms with van der Waals surface area (Å²) in [7, 11) is 0. The topological polar surface area (TPSA) is 12.9 Å². The Morgan fingerprint density at radius 2 is 2.18 bits per heavy atom. The lowest BCUT2D eigenvalue weighted by molar-refractivity contribution is 1.21. The van der Waals surface area contributed by atoms with Crippen LogP contribution in [0.3, 0.4) is 0 Å². The number of aromatic nitrogens is 1. The predicted octanol–water partition coefficient (Wildman–Crippen LogP) is 2.67. The summed E-state index contributed by atoms with van der Waals surface area (Å²) in [6.45, 7) is 3.80. The molecule has 0 bridgehead atoms. The third kappa shape index (κ3) is 1.14. The normalized spacial score (nSPS) is 10.6. The van der Waals surface area contributed by atoms with Gasteiger partial charge in [0.25, 0.3) is 0 Å². The van der Waals surface area contributed by atoms with Crippen LogP contribution in [0.5, 0.6) is 0 Å². The summed E-state index contributed by atoms with van der Waals surface area (Å²) in [5, 5.41) is 1.12. The molecule has 0 amide bonds. The Morgan fingerprint density at radius 3 is 2.91 bits per heavy atom. The molecular formula is C9H8NS. The maximum atomic E-state index is 4.39. The van der Waals surface area contributed by atoms with E-state index in [9.17, 15) is 0 Å². The number of para-hydroxylation sites is 1. The van der Waals surface area contributed by atoms with Crippen molar-refractivity contribution in [2.45, 2.75) is 6.42 Å². The Morgan fingerprint density at radius 1 is 1.36 bits per heavy atom. The standard InChI is InChI=1S/C9H8NS/c1-2-9-10-7-5-3-4-6-8(7)11-9/h3-6H,1-2H2. The van der Waals surface area contributed by atoms with Crippen LogP contribution in [0.4, 0.5) is 0 Å². The van der Waals surface area contributed by atoms with E-state index < -0.39 is 0 Å². The Labute approximate surface area is 69.7 Å². The quantitative estimate of drug-likeness (QED) is 0.628. The summed E-state index contributed by atoms with van der Waals surface area (Å²) in [4.78, 5) is 4.39. The molecule has 1 heterocycles. The van der Waals surface area contributed by atoms with Crippen LogP contribution in [0.2, 0.25) is 0 Å². The highest BCUT2D eigenvalue weighted by Crippen LogP contribution is 2.21. The molecule has 2 heteroatoms. The minimum atomic E-state index is 0.791. The van der Waals surface area contributed by atoms with Crippen LogP contribution in [0.15, 0.2) is 24.3 Å². The van der Waals surface area contributed by atoms with Crippen LogP contribution in [-0.4, -0.2) is 4.98 Å². The zero-order valence-electron chi connectivity index (χ0n) is 6.08. The molecular weight excluding hydrogens is 154 g/mol. The van der Waals surface area contributed by atoms with Crippen molar-refractivity contribution in [2.24, 2.45) is 0 Å². The minimum absolute atomic E-state index is 0.791. The van der Waals surface area contributed by atoms with E-state index in [0.29, 0.717) is 0 Å². The summed E-state index contributed by atoms with van der Waals surface area (Å²) in [6.07, 6.45) is 0.791. The van der Waals surface area contributed by atoms with Crippen LogP contribution >= 0.6 is 11.3 Å². The molecule has 0 spiro atoms. The predicted molar refractivity (Wildman–Crippen MR) is 48.7 cm³/mol. The van der Waals surface area contributed by atoms with Gasteiger partial charge in [0.2, 0.25) is 0 Å². The lowest BCUT2D eigenvalue weighted by Crippen LogP contribution is -1.73. The average Bonchev–Trinajstić information content (AvgIpc) is 2.46. The summed E-state index contributed by atoms with van der Waals surface area (Å²) in [5.74, 6) is 0. The molecule has 0 saturated heterocycles. The molecule has 0 saturated carbocycles. The van der Waals surface area contributed by atoms with Gasteiger partial charge < -0.3 is 0 Å². The van der Waals surface area contributed by atoms with Gasteiger partial charge in [-0.1, -0.05) is 12.1 Å². The number of benzene rings is 1. The summed E-state index contributed by atoms with van der Waals surface area (Å²) < 4.78 is 1.26. The van der Waals surface area contributed by atoms with Crippen molar-refractivity contribution in [3.8, 4) is 0 Å². The number of thiazole rings is 1. The van der Waals surface area contributed by atoms with E-state index in [1.807, 2.05) is 18.2 Å². The average molecular weight is 162 g/mol. The van der Waals surface area contributed by atoms with Gasteiger partial charge in [0.15, 0.2) is 0 Å². The first-order valence-corrected chi connectivity index (χ1v) is 4.35. The van der Waals surface area contributed by atoms with Crippen LogP contribution in [0.25, 0.3) is 10.2 Å². The van der Waals surface area contributed by atoms with E-state index in [2.05, 4.69) is 18.0 Å². The second kappa shape index (κ2) is 2.62. The Kier molecular flexibility index (Phi) is 1.62. The highest BCUT2D eigenvalue weighted by atomic mass is 32.1. The fraction of sp³-hybridized carbons (Fsp3) is 0.111. The number of hydrogen-bond acceptors (Lipinski definition) is 2. The molecule has 1 nitrogen and oxygen atoms in total. The zero-order chi connectivity index (χ0) is 7.68. The van der Waals surface area contributed by atoms with E-state index in [0.717, 1.165) is 16.9 Å². The van der Waals surface area contributed by atoms with Crippen molar-refractivity contribution in [1.82, 2.24) is 4.98 Å². The molecule has 2 rings (SSSR count). The first-order valence-electron chi connectivity index (χ1n) is 3.54. The maximum absolute atomic E-state index is 4.39. The molecule has 0 N–H and O–H groups in total. The highest BCUT2D eigenvalue weighted by Gasteiger charge is 1.98. The molecule has 1 aromatic carbocycles. The lowest BCUT2D eigenvalue weighted by Gasteiger charge is -1.80. The van der Waals surface area contributed by atoms with E-state index in [1.165, 1.54) is 4.70 Å². The van der Waals surface area contributed by atoms with Crippen molar-refractivity contribution in [2.75, 3.05) is 0 Å². The van der Waals surface area contributed by atoms with Gasteiger partial charge in [-0.15, -0.1) is 11.3 Å². The van der Waals surface area contributed by atoms with Crippen molar-refractivity contribution >= 4 is 21.6 Å². The van der Waals surface area contributed by atoms with Crippen molar-refractivity contribution in [3.63, 3.8) is 0 Å². The van der Waals surface area contributed by atoms with Gasteiger partial charge in [0.05, 0.1) is 15.2 Å². The maximum Gasteiger partial charge on any atom is 0.0938 e. The second-order valence-corrected chi connectivity index (χ2v) is 3.44. The molecule has 0 fully saturated rings. The third-order valence-corrected chi connectivity index (χ3v) is 2.65. The summed E-state index contributed by atoms with van der Waals surface area (Å²) in [5.41, 5.74) is 1.09. The molecule has 0 unspecified atom stereocenters. The van der Waals surface area contributed by atoms with E-state index in [-0.39, 0.29) is 0 Å². The van der Waals surface area contributed by atoms with Crippen molar-refractivity contribution in [3.05, 3.63) is 36.2 Å². The molecule has 0 aliphatic rings. The largest absolute Gasteiger partial charge is 0.241 e. The molecule has 0 aliphatic carbocycles. The van der Waals surface area contributed by atoms with Gasteiger partial charge >= 0.3 is 0 Å². The first kappa shape index (κ1) is 6.80. The van der Waals surface area contributed by atoms with Gasteiger partial charge in [-0.2, -0.15) is 0 Å². The molecule has 2 aromatic rings. The van der Waals surface area contributed by atoms with E-state index >= 15 is 0 Å². The highest BCUT2D eigenvalue weighted by molar-refractivity contribution is 7.18. The Bertz CT molecular complexity index is 331. The van der Waals surface area contributed by atoms with Crippen LogP contribution in [0.1, 0.15) is 5.01 Å². The van der Waals surface area contributed by atoms with Crippen LogP contribution in [0, 0.1) is 6.92 Å². The van der Waals surface area contributed by atoms with Gasteiger partial charge in [-0.25, -0.2) is 4.98 Å². The Balaban J connectivity index is 2.69. The lowest BCUT2D eigenvalue weighted by atomic mass is 10.3. The number of rotatable bonds is 1. The van der Waals surface area contributed by atoms with Crippen LogP contribution < -0.4 is 0 Å². The van der Waals surface area contributed by atoms with Crippen molar-refractivity contribution in [1.29, 1.82) is 0 Å². The molecule has 55 valence electrons. The molecule has 1 aromatic heterocycles. The summed E-state index contributed by atoms with van der Waals surface area (Å²) in [6, 6.07) is 8.17. The monoisotopic (exact) mass is 162 g/mol. The van der Waals surface area contributed by atoms with Gasteiger partial charge in [-0.05, 0) is 25.5 Å². The van der Waals surface area contributed by atoms with E-state index in [1.54, 1.807) is 11.3 Å².